The average molecular weight is 399 g/mol. The maximum atomic E-state index is 12.4. The first-order chi connectivity index (χ1) is 14.5. The Morgan fingerprint density at radius 2 is 1.97 bits per heavy atom. The van der Waals surface area contributed by atoms with Crippen LogP contribution in [-0.2, 0) is 0 Å². The number of nitrogens with zero attached hydrogens (tertiary/aromatic N) is 4. The lowest BCUT2D eigenvalue weighted by molar-refractivity contribution is 0.0951. The van der Waals surface area contributed by atoms with E-state index in [4.69, 9.17) is 0 Å². The van der Waals surface area contributed by atoms with E-state index in [1.807, 2.05) is 41.8 Å². The van der Waals surface area contributed by atoms with E-state index in [-0.39, 0.29) is 11.7 Å². The Bertz CT molecular complexity index is 1300. The van der Waals surface area contributed by atoms with E-state index in [1.54, 1.807) is 29.3 Å². The molecule has 1 aromatic carbocycles. The van der Waals surface area contributed by atoms with Crippen molar-refractivity contribution in [1.82, 2.24) is 24.5 Å². The summed E-state index contributed by atoms with van der Waals surface area (Å²) in [4.78, 5) is 16.8. The maximum Gasteiger partial charge on any atom is 0.251 e. The third-order valence-electron chi connectivity index (χ3n) is 5.36. The summed E-state index contributed by atoms with van der Waals surface area (Å²) in [6.07, 6.45) is 9.30. The van der Waals surface area contributed by atoms with E-state index in [9.17, 15) is 9.90 Å². The van der Waals surface area contributed by atoms with Crippen molar-refractivity contribution in [1.29, 1.82) is 0 Å². The average Bonchev–Trinajstić information content (AvgIpc) is 3.25. The van der Waals surface area contributed by atoms with Crippen molar-refractivity contribution in [3.63, 3.8) is 0 Å². The number of rotatable bonds is 5. The molecule has 3 heterocycles. The second-order valence-corrected chi connectivity index (χ2v) is 7.66. The van der Waals surface area contributed by atoms with Gasteiger partial charge in [0.2, 0.25) is 0 Å². The molecule has 7 nitrogen and oxygen atoms in total. The molecule has 0 saturated heterocycles. The van der Waals surface area contributed by atoms with Crippen LogP contribution in [-0.4, -0.2) is 36.2 Å². The van der Waals surface area contributed by atoms with E-state index in [0.717, 1.165) is 41.0 Å². The Morgan fingerprint density at radius 3 is 2.73 bits per heavy atom. The molecule has 1 aliphatic rings. The van der Waals surface area contributed by atoms with Crippen LogP contribution in [0.4, 0.5) is 0 Å². The number of hydrogen-bond acceptors (Lipinski definition) is 4. The van der Waals surface area contributed by atoms with E-state index >= 15 is 0 Å². The van der Waals surface area contributed by atoms with Gasteiger partial charge in [-0.15, -0.1) is 0 Å². The van der Waals surface area contributed by atoms with E-state index in [2.05, 4.69) is 22.0 Å². The highest BCUT2D eigenvalue weighted by Gasteiger charge is 2.24. The van der Waals surface area contributed by atoms with Crippen molar-refractivity contribution < 1.29 is 9.90 Å². The molecule has 0 spiro atoms. The number of aliphatic hydroxyl groups is 1. The smallest absolute Gasteiger partial charge is 0.251 e. The number of imidazole rings is 1. The molecular weight excluding hydrogens is 378 g/mol. The fraction of sp³-hybridized carbons (Fsp3) is 0.174. The Morgan fingerprint density at radius 1 is 1.17 bits per heavy atom. The number of hydrogen-bond donors (Lipinski definition) is 2. The van der Waals surface area contributed by atoms with Crippen LogP contribution < -0.4 is 5.32 Å². The second kappa shape index (κ2) is 6.88. The van der Waals surface area contributed by atoms with Crippen LogP contribution in [0.1, 0.15) is 34.3 Å². The van der Waals surface area contributed by atoms with Crippen LogP contribution in [0.2, 0.25) is 0 Å². The first-order valence-electron chi connectivity index (χ1n) is 9.82. The zero-order valence-electron chi connectivity index (χ0n) is 16.5. The van der Waals surface area contributed by atoms with Gasteiger partial charge in [0.25, 0.3) is 5.91 Å². The van der Waals surface area contributed by atoms with Gasteiger partial charge >= 0.3 is 0 Å². The minimum Gasteiger partial charge on any atom is -0.508 e. The number of aliphatic hydroxyl groups excluding tert-OH is 1. The molecule has 1 amide bonds. The number of aromatic nitrogens is 4. The summed E-state index contributed by atoms with van der Waals surface area (Å²) in [6, 6.07) is 9.63. The van der Waals surface area contributed by atoms with Crippen molar-refractivity contribution in [2.75, 3.05) is 0 Å². The number of pyridine rings is 1. The van der Waals surface area contributed by atoms with Gasteiger partial charge in [-0.1, -0.05) is 12.6 Å². The lowest BCUT2D eigenvalue weighted by Crippen LogP contribution is -2.25. The summed E-state index contributed by atoms with van der Waals surface area (Å²) in [5, 5.41) is 17.2. The zero-order valence-corrected chi connectivity index (χ0v) is 16.5. The Hall–Kier alpha value is -3.87. The topological polar surface area (TPSA) is 84.5 Å². The van der Waals surface area contributed by atoms with Crippen LogP contribution in [0, 0.1) is 6.92 Å². The molecular formula is C23H21N5O2. The number of fused-ring (bicyclic) bond motifs is 1. The molecule has 7 heteroatoms. The van der Waals surface area contributed by atoms with Crippen LogP contribution in [0.25, 0.3) is 28.4 Å². The highest BCUT2D eigenvalue weighted by atomic mass is 16.3. The lowest BCUT2D eigenvalue weighted by atomic mass is 10.0. The predicted molar refractivity (Wildman–Crippen MR) is 115 cm³/mol. The summed E-state index contributed by atoms with van der Waals surface area (Å²) in [5.41, 5.74) is 4.93. The molecule has 1 aliphatic carbocycles. The molecule has 30 heavy (non-hydrogen) atoms. The molecule has 5 rings (SSSR count). The van der Waals surface area contributed by atoms with E-state index in [0.29, 0.717) is 17.2 Å². The predicted octanol–water partition coefficient (Wildman–Crippen LogP) is 3.92. The molecule has 0 bridgehead atoms. The summed E-state index contributed by atoms with van der Waals surface area (Å²) in [7, 11) is 0. The van der Waals surface area contributed by atoms with E-state index < -0.39 is 0 Å². The fourth-order valence-electron chi connectivity index (χ4n) is 3.47. The fourth-order valence-corrected chi connectivity index (χ4v) is 3.47. The first-order valence-corrected chi connectivity index (χ1v) is 9.82. The van der Waals surface area contributed by atoms with Crippen LogP contribution in [0.5, 0.6) is 0 Å². The molecule has 1 saturated carbocycles. The molecule has 4 aromatic rings. The SMILES string of the molecule is C=C(O)c1ccc2ncc(-n3cc(-c4cc(C(=O)NC5CC5)ccc4C)cn3)n2c1. The van der Waals surface area contributed by atoms with Crippen molar-refractivity contribution in [2.24, 2.45) is 0 Å². The number of aryl methyl sites for hydroxylation is 1. The Labute approximate surface area is 173 Å². The van der Waals surface area contributed by atoms with Crippen molar-refractivity contribution in [3.8, 4) is 16.9 Å². The molecule has 0 aliphatic heterocycles. The van der Waals surface area contributed by atoms with Gasteiger partial charge in [0.1, 0.15) is 11.4 Å². The molecule has 0 atom stereocenters. The number of nitrogens with one attached hydrogen (secondary N) is 1. The van der Waals surface area contributed by atoms with Gasteiger partial charge in [0.15, 0.2) is 5.82 Å². The molecule has 2 N–H and O–H groups in total. The van der Waals surface area contributed by atoms with Crippen LogP contribution >= 0.6 is 0 Å². The monoisotopic (exact) mass is 399 g/mol. The third-order valence-corrected chi connectivity index (χ3v) is 5.36. The van der Waals surface area contributed by atoms with Crippen LogP contribution in [0.15, 0.2) is 61.7 Å². The highest BCUT2D eigenvalue weighted by Crippen LogP contribution is 2.26. The third kappa shape index (κ3) is 3.24. The van der Waals surface area contributed by atoms with Crippen LogP contribution in [0.3, 0.4) is 0 Å². The number of carbonyl (C=O) groups excluding carboxylic acids is 1. The summed E-state index contributed by atoms with van der Waals surface area (Å²) in [5.74, 6) is 0.693. The molecule has 0 unspecified atom stereocenters. The zero-order chi connectivity index (χ0) is 20.8. The Kier molecular flexibility index (Phi) is 4.17. The number of amides is 1. The molecule has 1 fully saturated rings. The largest absolute Gasteiger partial charge is 0.508 e. The van der Waals surface area contributed by atoms with Crippen molar-refractivity contribution >= 4 is 17.3 Å². The molecule has 0 radical (unpaired) electrons. The first kappa shape index (κ1) is 18.2. The van der Waals surface area contributed by atoms with Gasteiger partial charge in [-0.25, -0.2) is 9.67 Å². The Balaban J connectivity index is 1.51. The van der Waals surface area contributed by atoms with Gasteiger partial charge in [-0.3, -0.25) is 9.20 Å². The van der Waals surface area contributed by atoms with Crippen molar-refractivity contribution in [3.05, 3.63) is 78.4 Å². The van der Waals surface area contributed by atoms with Gasteiger partial charge < -0.3 is 10.4 Å². The summed E-state index contributed by atoms with van der Waals surface area (Å²) < 4.78 is 3.58. The minimum absolute atomic E-state index is 0.00498. The van der Waals surface area contributed by atoms with E-state index in [1.165, 1.54) is 0 Å². The standard InChI is InChI=1S/C23H21N5O2/c1-14-3-4-16(23(30)26-19-6-7-19)9-20(14)18-10-25-28(13-18)22-11-24-21-8-5-17(15(2)29)12-27(21)22/h3-5,8-13,19,29H,2,6-7H2,1H3,(H,26,30). The van der Waals surface area contributed by atoms with Gasteiger partial charge in [-0.2, -0.15) is 5.10 Å². The normalized spacial score (nSPS) is 13.5. The number of benzene rings is 1. The minimum atomic E-state index is -0.0373. The molecule has 150 valence electrons. The number of carbonyl (C=O) groups is 1. The molecule has 3 aromatic heterocycles. The highest BCUT2D eigenvalue weighted by molar-refractivity contribution is 5.96. The maximum absolute atomic E-state index is 12.4. The van der Waals surface area contributed by atoms with Crippen molar-refractivity contribution in [2.45, 2.75) is 25.8 Å². The van der Waals surface area contributed by atoms with Gasteiger partial charge in [0.05, 0.1) is 12.4 Å². The van der Waals surface area contributed by atoms with Gasteiger partial charge in [-0.05, 0) is 55.2 Å². The lowest BCUT2D eigenvalue weighted by Gasteiger charge is -2.08. The summed E-state index contributed by atoms with van der Waals surface area (Å²) >= 11 is 0. The second-order valence-electron chi connectivity index (χ2n) is 7.66. The summed E-state index contributed by atoms with van der Waals surface area (Å²) in [6.45, 7) is 5.60. The quantitative estimate of drug-likeness (QED) is 0.498. The van der Waals surface area contributed by atoms with Gasteiger partial charge in [0, 0.05) is 35.1 Å².